The first-order valence-corrected chi connectivity index (χ1v) is 11.0. The predicted octanol–water partition coefficient (Wildman–Crippen LogP) is 6.96. The first-order chi connectivity index (χ1) is 14.5. The van der Waals surface area contributed by atoms with E-state index >= 15 is 0 Å². The Hall–Kier alpha value is -1.91. The van der Waals surface area contributed by atoms with Crippen molar-refractivity contribution >= 4 is 34.8 Å². The molecule has 0 radical (unpaired) electrons. The summed E-state index contributed by atoms with van der Waals surface area (Å²) >= 11 is 18.1. The molecule has 0 atom stereocenters. The number of halogens is 3. The highest BCUT2D eigenvalue weighted by molar-refractivity contribution is 6.35. The maximum atomic E-state index is 6.23. The van der Waals surface area contributed by atoms with Gasteiger partial charge in [0.2, 0.25) is 0 Å². The topological polar surface area (TPSA) is 30.5 Å². The van der Waals surface area contributed by atoms with E-state index in [2.05, 4.69) is 5.32 Å². The Bertz CT molecular complexity index is 961. The van der Waals surface area contributed by atoms with Crippen molar-refractivity contribution in [2.75, 3.05) is 13.2 Å². The smallest absolute Gasteiger partial charge is 0.161 e. The molecule has 0 heterocycles. The second-order valence-electron chi connectivity index (χ2n) is 6.79. The second kappa shape index (κ2) is 11.5. The minimum Gasteiger partial charge on any atom is -0.490 e. The lowest BCUT2D eigenvalue weighted by molar-refractivity contribution is 0.269. The molecule has 0 bridgehead atoms. The van der Waals surface area contributed by atoms with E-state index in [4.69, 9.17) is 44.3 Å². The third kappa shape index (κ3) is 6.82. The van der Waals surface area contributed by atoms with Crippen LogP contribution in [0.25, 0.3) is 0 Å². The van der Waals surface area contributed by atoms with Crippen LogP contribution in [0.15, 0.2) is 60.7 Å². The van der Waals surface area contributed by atoms with Gasteiger partial charge in [0.25, 0.3) is 0 Å². The maximum absolute atomic E-state index is 6.23. The fraction of sp³-hybridized carbons (Fsp3) is 0.250. The van der Waals surface area contributed by atoms with Gasteiger partial charge in [-0.1, -0.05) is 59.1 Å². The molecule has 0 aliphatic rings. The van der Waals surface area contributed by atoms with E-state index in [1.54, 1.807) is 6.07 Å². The minimum atomic E-state index is 0.455. The molecule has 0 aliphatic heterocycles. The van der Waals surface area contributed by atoms with Gasteiger partial charge in [-0.3, -0.25) is 0 Å². The van der Waals surface area contributed by atoms with Crippen LogP contribution < -0.4 is 14.8 Å². The van der Waals surface area contributed by atoms with Gasteiger partial charge in [0.1, 0.15) is 6.61 Å². The lowest BCUT2D eigenvalue weighted by Gasteiger charge is -2.14. The van der Waals surface area contributed by atoms with Gasteiger partial charge in [-0.2, -0.15) is 0 Å². The van der Waals surface area contributed by atoms with Crippen LogP contribution in [0.1, 0.15) is 23.6 Å². The molecule has 3 aromatic carbocycles. The molecule has 3 aromatic rings. The Morgan fingerprint density at radius 2 is 1.50 bits per heavy atom. The van der Waals surface area contributed by atoms with Gasteiger partial charge in [-0.25, -0.2) is 0 Å². The molecule has 0 aromatic heterocycles. The van der Waals surface area contributed by atoms with E-state index in [-0.39, 0.29) is 0 Å². The van der Waals surface area contributed by atoms with Gasteiger partial charge >= 0.3 is 0 Å². The van der Waals surface area contributed by atoms with Crippen molar-refractivity contribution in [3.8, 4) is 11.5 Å². The summed E-state index contributed by atoms with van der Waals surface area (Å²) in [5.74, 6) is 1.47. The van der Waals surface area contributed by atoms with E-state index in [9.17, 15) is 0 Å². The molecule has 0 spiro atoms. The fourth-order valence-corrected chi connectivity index (χ4v) is 3.60. The van der Waals surface area contributed by atoms with Crippen LogP contribution in [0.4, 0.5) is 0 Å². The number of hydrogen-bond acceptors (Lipinski definition) is 3. The lowest BCUT2D eigenvalue weighted by Crippen LogP contribution is -2.17. The van der Waals surface area contributed by atoms with Crippen LogP contribution in [-0.2, 0) is 19.6 Å². The van der Waals surface area contributed by atoms with E-state index in [0.717, 1.165) is 47.7 Å². The van der Waals surface area contributed by atoms with E-state index in [1.165, 1.54) is 0 Å². The SMILES string of the molecule is CCOc1cc(CNCCc2ccc(Cl)cc2Cl)ccc1OCc1ccc(Cl)cc1. The number of ether oxygens (including phenoxy) is 2. The monoisotopic (exact) mass is 463 g/mol. The summed E-state index contributed by atoms with van der Waals surface area (Å²) in [6, 6.07) is 19.2. The largest absolute Gasteiger partial charge is 0.490 e. The molecule has 3 rings (SSSR count). The Labute approximate surface area is 192 Å². The van der Waals surface area contributed by atoms with Crippen molar-refractivity contribution in [1.29, 1.82) is 0 Å². The van der Waals surface area contributed by atoms with Gasteiger partial charge in [0.15, 0.2) is 11.5 Å². The number of rotatable bonds is 10. The fourth-order valence-electron chi connectivity index (χ4n) is 2.97. The molecule has 0 aliphatic carbocycles. The first-order valence-electron chi connectivity index (χ1n) is 9.82. The normalized spacial score (nSPS) is 10.8. The van der Waals surface area contributed by atoms with Gasteiger partial charge in [-0.15, -0.1) is 0 Å². The zero-order chi connectivity index (χ0) is 21.3. The average Bonchev–Trinajstić information content (AvgIpc) is 2.73. The van der Waals surface area contributed by atoms with Crippen molar-refractivity contribution in [3.05, 3.63) is 92.4 Å². The molecule has 0 unspecified atom stereocenters. The highest BCUT2D eigenvalue weighted by atomic mass is 35.5. The van der Waals surface area contributed by atoms with Crippen molar-refractivity contribution in [2.45, 2.75) is 26.5 Å². The van der Waals surface area contributed by atoms with Gasteiger partial charge in [0, 0.05) is 21.6 Å². The van der Waals surface area contributed by atoms with Crippen molar-refractivity contribution in [1.82, 2.24) is 5.32 Å². The van der Waals surface area contributed by atoms with Crippen LogP contribution in [-0.4, -0.2) is 13.2 Å². The zero-order valence-electron chi connectivity index (χ0n) is 16.8. The highest BCUT2D eigenvalue weighted by Crippen LogP contribution is 2.29. The summed E-state index contributed by atoms with van der Waals surface area (Å²) in [5, 5.41) is 5.51. The quantitative estimate of drug-likeness (QED) is 0.329. The van der Waals surface area contributed by atoms with Crippen molar-refractivity contribution < 1.29 is 9.47 Å². The number of hydrogen-bond donors (Lipinski definition) is 1. The van der Waals surface area contributed by atoms with Crippen LogP contribution in [0, 0.1) is 0 Å². The first kappa shape index (κ1) is 22.8. The molecule has 158 valence electrons. The standard InChI is InChI=1S/C24H24Cl3NO2/c1-2-29-24-13-18(15-28-12-11-19-6-9-21(26)14-22(19)27)5-10-23(24)30-16-17-3-7-20(25)8-4-17/h3-10,13-14,28H,2,11-12,15-16H2,1H3. The van der Waals surface area contributed by atoms with E-state index < -0.39 is 0 Å². The summed E-state index contributed by atoms with van der Waals surface area (Å²) < 4.78 is 11.7. The molecule has 30 heavy (non-hydrogen) atoms. The third-order valence-electron chi connectivity index (χ3n) is 4.53. The van der Waals surface area contributed by atoms with Crippen molar-refractivity contribution in [2.24, 2.45) is 0 Å². The number of benzene rings is 3. The van der Waals surface area contributed by atoms with Gasteiger partial charge in [-0.05, 0) is 73.0 Å². The predicted molar refractivity (Wildman–Crippen MR) is 125 cm³/mol. The maximum Gasteiger partial charge on any atom is 0.161 e. The Balaban J connectivity index is 1.55. The van der Waals surface area contributed by atoms with E-state index in [1.807, 2.05) is 61.5 Å². The molecule has 0 amide bonds. The highest BCUT2D eigenvalue weighted by Gasteiger charge is 2.08. The molecule has 3 nitrogen and oxygen atoms in total. The minimum absolute atomic E-state index is 0.455. The van der Waals surface area contributed by atoms with Gasteiger partial charge < -0.3 is 14.8 Å². The second-order valence-corrected chi connectivity index (χ2v) is 8.07. The Kier molecular flexibility index (Phi) is 8.71. The van der Waals surface area contributed by atoms with Crippen LogP contribution in [0.3, 0.4) is 0 Å². The van der Waals surface area contributed by atoms with Crippen LogP contribution in [0.2, 0.25) is 15.1 Å². The molecular formula is C24H24Cl3NO2. The average molecular weight is 465 g/mol. The molecular weight excluding hydrogens is 441 g/mol. The third-order valence-corrected chi connectivity index (χ3v) is 5.37. The summed E-state index contributed by atoms with van der Waals surface area (Å²) in [4.78, 5) is 0. The Morgan fingerprint density at radius 3 is 2.23 bits per heavy atom. The summed E-state index contributed by atoms with van der Waals surface area (Å²) in [7, 11) is 0. The molecule has 6 heteroatoms. The Morgan fingerprint density at radius 1 is 0.767 bits per heavy atom. The zero-order valence-corrected chi connectivity index (χ0v) is 19.0. The van der Waals surface area contributed by atoms with Gasteiger partial charge in [0.05, 0.1) is 6.61 Å². The molecule has 0 saturated heterocycles. The molecule has 0 saturated carbocycles. The van der Waals surface area contributed by atoms with Crippen LogP contribution in [0.5, 0.6) is 11.5 Å². The lowest BCUT2D eigenvalue weighted by atomic mass is 10.1. The summed E-state index contributed by atoms with van der Waals surface area (Å²) in [5.41, 5.74) is 3.25. The molecule has 1 N–H and O–H groups in total. The molecule has 0 fully saturated rings. The van der Waals surface area contributed by atoms with Crippen LogP contribution >= 0.6 is 34.8 Å². The number of nitrogens with one attached hydrogen (secondary N) is 1. The summed E-state index contributed by atoms with van der Waals surface area (Å²) in [6.45, 7) is 4.52. The van der Waals surface area contributed by atoms with E-state index in [0.29, 0.717) is 28.3 Å². The summed E-state index contributed by atoms with van der Waals surface area (Å²) in [6.07, 6.45) is 0.830. The van der Waals surface area contributed by atoms with Crippen molar-refractivity contribution in [3.63, 3.8) is 0 Å².